The van der Waals surface area contributed by atoms with Gasteiger partial charge in [-0.25, -0.2) is 0 Å². The number of rotatable bonds is 5. The molecule has 0 radical (unpaired) electrons. The highest BCUT2D eigenvalue weighted by atomic mass is 19.4. The number of hydrogen-bond acceptors (Lipinski definition) is 5. The van der Waals surface area contributed by atoms with E-state index in [0.717, 1.165) is 31.5 Å². The molecule has 4 heterocycles. The number of carbonyl (C=O) groups excluding carboxylic acids is 1. The average molecular weight is 457 g/mol. The molecule has 2 aliphatic heterocycles. The van der Waals surface area contributed by atoms with Gasteiger partial charge in [0.25, 0.3) is 5.91 Å². The summed E-state index contributed by atoms with van der Waals surface area (Å²) in [7, 11) is 1.55. The van der Waals surface area contributed by atoms with E-state index in [1.165, 1.54) is 10.9 Å². The summed E-state index contributed by atoms with van der Waals surface area (Å²) in [4.78, 5) is 21.0. The third kappa shape index (κ3) is 3.94. The Morgan fingerprint density at radius 2 is 1.94 bits per heavy atom. The largest absolute Gasteiger partial charge is 0.497 e. The summed E-state index contributed by atoms with van der Waals surface area (Å²) >= 11 is 0. The molecule has 7 nitrogen and oxygen atoms in total. The van der Waals surface area contributed by atoms with E-state index in [0.29, 0.717) is 29.1 Å². The van der Waals surface area contributed by atoms with Crippen molar-refractivity contribution >= 4 is 5.91 Å². The first kappa shape index (κ1) is 21.4. The highest BCUT2D eigenvalue weighted by Gasteiger charge is 2.49. The third-order valence-corrected chi connectivity index (χ3v) is 6.59. The van der Waals surface area contributed by atoms with Gasteiger partial charge in [-0.05, 0) is 55.9 Å². The molecule has 0 aliphatic carbocycles. The van der Waals surface area contributed by atoms with Gasteiger partial charge in [0.1, 0.15) is 11.4 Å². The lowest BCUT2D eigenvalue weighted by molar-refractivity contribution is -0.137. The molecule has 1 amide bonds. The first-order valence-corrected chi connectivity index (χ1v) is 10.7. The van der Waals surface area contributed by atoms with E-state index in [1.54, 1.807) is 37.7 Å². The number of nitrogens with zero attached hydrogens (tertiary/aromatic N) is 5. The molecule has 0 spiro atoms. The highest BCUT2D eigenvalue weighted by Crippen LogP contribution is 2.44. The number of benzene rings is 1. The Kier molecular flexibility index (Phi) is 5.30. The number of ether oxygens (including phenoxy) is 1. The number of hydrogen-bond donors (Lipinski definition) is 0. The van der Waals surface area contributed by atoms with Crippen molar-refractivity contribution in [3.63, 3.8) is 0 Å². The number of fused-ring (bicyclic) bond motifs is 2. The summed E-state index contributed by atoms with van der Waals surface area (Å²) in [6, 6.07) is 7.82. The van der Waals surface area contributed by atoms with Crippen LogP contribution >= 0.6 is 0 Å². The van der Waals surface area contributed by atoms with Gasteiger partial charge in [0.05, 0.1) is 30.6 Å². The molecule has 3 unspecified atom stereocenters. The van der Waals surface area contributed by atoms with Crippen LogP contribution in [-0.4, -0.2) is 50.0 Å². The predicted octanol–water partition coefficient (Wildman–Crippen LogP) is 3.93. The molecule has 2 aromatic heterocycles. The lowest BCUT2D eigenvalue weighted by Gasteiger charge is -2.25. The van der Waals surface area contributed by atoms with Gasteiger partial charge in [-0.2, -0.15) is 28.2 Å². The molecule has 1 aromatic carbocycles. The number of methoxy groups -OCH3 is 1. The molecule has 3 aromatic rings. The summed E-state index contributed by atoms with van der Waals surface area (Å²) < 4.78 is 43.8. The van der Waals surface area contributed by atoms with Crippen LogP contribution in [0.2, 0.25) is 0 Å². The topological polar surface area (TPSA) is 73.1 Å². The molecule has 2 saturated heterocycles. The molecule has 10 heteroatoms. The van der Waals surface area contributed by atoms with Gasteiger partial charge in [-0.1, -0.05) is 0 Å². The van der Waals surface area contributed by atoms with Crippen molar-refractivity contribution in [3.8, 4) is 11.4 Å². The van der Waals surface area contributed by atoms with Crippen LogP contribution in [0.25, 0.3) is 5.69 Å². The van der Waals surface area contributed by atoms with Crippen LogP contribution in [0.1, 0.15) is 40.9 Å². The molecular weight excluding hydrogens is 435 g/mol. The smallest absolute Gasteiger partial charge is 0.417 e. The Labute approximate surface area is 188 Å². The van der Waals surface area contributed by atoms with E-state index in [-0.39, 0.29) is 23.9 Å². The van der Waals surface area contributed by atoms with Crippen LogP contribution in [0.3, 0.4) is 0 Å². The molecule has 2 aliphatic rings. The van der Waals surface area contributed by atoms with Gasteiger partial charge < -0.3 is 9.64 Å². The molecule has 0 N–H and O–H groups in total. The maximum absolute atomic E-state index is 13.7. The molecular formula is C23H22F3N5O2. The second-order valence-corrected chi connectivity index (χ2v) is 8.45. The Balaban J connectivity index is 1.38. The molecule has 2 bridgehead atoms. The summed E-state index contributed by atoms with van der Waals surface area (Å²) in [5.74, 6) is 0.649. The molecule has 33 heavy (non-hydrogen) atoms. The maximum atomic E-state index is 13.7. The first-order chi connectivity index (χ1) is 15.8. The number of alkyl halides is 3. The van der Waals surface area contributed by atoms with Crippen LogP contribution in [0.15, 0.2) is 48.9 Å². The minimum absolute atomic E-state index is 0.0205. The van der Waals surface area contributed by atoms with Crippen LogP contribution in [-0.2, 0) is 12.6 Å². The number of halogens is 3. The standard InChI is InChI=1S/C23H22F3N5O2/c1-33-18-5-6-19(21(12-18)31-28-8-9-29-31)22(32)30-17-4-7-20(30)14(11-17)10-16-3-2-15(13-27-16)23(24,25)26/h2-3,5-6,8-9,12-14,17,20H,4,7,10-11H2,1H3. The Hall–Kier alpha value is -3.43. The fourth-order valence-electron chi connectivity index (χ4n) is 5.09. The van der Waals surface area contributed by atoms with E-state index in [2.05, 4.69) is 15.2 Å². The van der Waals surface area contributed by atoms with Crippen molar-refractivity contribution in [2.75, 3.05) is 7.11 Å². The molecule has 0 saturated carbocycles. The Morgan fingerprint density at radius 3 is 2.61 bits per heavy atom. The van der Waals surface area contributed by atoms with Gasteiger partial charge in [0, 0.05) is 30.0 Å². The zero-order chi connectivity index (χ0) is 23.2. The molecule has 5 rings (SSSR count). The number of amides is 1. The third-order valence-electron chi connectivity index (χ3n) is 6.59. The zero-order valence-electron chi connectivity index (χ0n) is 17.9. The van der Waals surface area contributed by atoms with E-state index in [4.69, 9.17) is 4.74 Å². The van der Waals surface area contributed by atoms with Crippen molar-refractivity contribution in [2.45, 2.75) is 43.9 Å². The van der Waals surface area contributed by atoms with Gasteiger partial charge in [0.15, 0.2) is 0 Å². The monoisotopic (exact) mass is 457 g/mol. The second kappa shape index (κ2) is 8.17. The van der Waals surface area contributed by atoms with Crippen molar-refractivity contribution in [3.05, 3.63) is 65.7 Å². The quantitative estimate of drug-likeness (QED) is 0.581. The fourth-order valence-corrected chi connectivity index (χ4v) is 5.09. The minimum Gasteiger partial charge on any atom is -0.497 e. The van der Waals surface area contributed by atoms with Crippen molar-refractivity contribution in [2.24, 2.45) is 5.92 Å². The van der Waals surface area contributed by atoms with Crippen molar-refractivity contribution < 1.29 is 22.7 Å². The van der Waals surface area contributed by atoms with E-state index in [1.807, 2.05) is 4.90 Å². The number of aromatic nitrogens is 4. The zero-order valence-corrected chi connectivity index (χ0v) is 17.9. The molecule has 3 atom stereocenters. The highest BCUT2D eigenvalue weighted by molar-refractivity contribution is 5.98. The summed E-state index contributed by atoms with van der Waals surface area (Å²) in [6.07, 6.45) is 2.70. The van der Waals surface area contributed by atoms with Gasteiger partial charge in [0.2, 0.25) is 0 Å². The van der Waals surface area contributed by atoms with Gasteiger partial charge in [-0.15, -0.1) is 0 Å². The van der Waals surface area contributed by atoms with E-state index in [9.17, 15) is 18.0 Å². The van der Waals surface area contributed by atoms with E-state index < -0.39 is 11.7 Å². The maximum Gasteiger partial charge on any atom is 0.417 e. The van der Waals surface area contributed by atoms with Crippen LogP contribution in [0, 0.1) is 5.92 Å². The van der Waals surface area contributed by atoms with Crippen molar-refractivity contribution in [1.82, 2.24) is 24.9 Å². The summed E-state index contributed by atoms with van der Waals surface area (Å²) in [5, 5.41) is 8.34. The van der Waals surface area contributed by atoms with Gasteiger partial charge in [-0.3, -0.25) is 9.78 Å². The van der Waals surface area contributed by atoms with Crippen molar-refractivity contribution in [1.29, 1.82) is 0 Å². The Bertz CT molecular complexity index is 1150. The Morgan fingerprint density at radius 1 is 1.15 bits per heavy atom. The van der Waals surface area contributed by atoms with Crippen LogP contribution in [0.5, 0.6) is 5.75 Å². The SMILES string of the molecule is COc1ccc(C(=O)N2C3CCC2C(Cc2ccc(C(F)(F)F)cn2)C3)c(-n2nccn2)c1. The van der Waals surface area contributed by atoms with Gasteiger partial charge >= 0.3 is 6.18 Å². The lowest BCUT2D eigenvalue weighted by atomic mass is 9.86. The first-order valence-electron chi connectivity index (χ1n) is 10.7. The number of carbonyl (C=O) groups is 1. The summed E-state index contributed by atoms with van der Waals surface area (Å²) in [5.41, 5.74) is 0.878. The average Bonchev–Trinajstić information content (AvgIpc) is 3.55. The molecule has 2 fully saturated rings. The summed E-state index contributed by atoms with van der Waals surface area (Å²) in [6.45, 7) is 0. The van der Waals surface area contributed by atoms with Crippen LogP contribution < -0.4 is 4.74 Å². The minimum atomic E-state index is -4.40. The molecule has 172 valence electrons. The predicted molar refractivity (Wildman–Crippen MR) is 112 cm³/mol. The lowest BCUT2D eigenvalue weighted by Crippen LogP contribution is -2.37. The second-order valence-electron chi connectivity index (χ2n) is 8.45. The number of pyridine rings is 1. The van der Waals surface area contributed by atoms with E-state index >= 15 is 0 Å². The van der Waals surface area contributed by atoms with Crippen LogP contribution in [0.4, 0.5) is 13.2 Å². The normalized spacial score (nSPS) is 22.1. The fraction of sp³-hybridized carbons (Fsp3) is 0.391.